The predicted octanol–water partition coefficient (Wildman–Crippen LogP) is -0.888. The molecule has 0 aromatic heterocycles. The molecule has 0 bridgehead atoms. The Kier molecular flexibility index (Phi) is 6.78. The Morgan fingerprint density at radius 3 is 2.46 bits per heavy atom. The number of fused-ring (bicyclic) bond motifs is 1. The lowest BCUT2D eigenvalue weighted by Gasteiger charge is -2.49. The first-order chi connectivity index (χ1) is 13.1. The molecule has 2 rings (SSSR count). The van der Waals surface area contributed by atoms with Crippen molar-refractivity contribution in [3.8, 4) is 0 Å². The number of ketones is 1. The second-order valence-electron chi connectivity index (χ2n) is 6.07. The number of Topliss-reactive ketones (excluding diaryl/α,β-unsaturated/α-hetero) is 1. The highest BCUT2D eigenvalue weighted by atomic mass is 32.2. The van der Waals surface area contributed by atoms with Crippen molar-refractivity contribution in [3.05, 3.63) is 11.3 Å². The zero-order valence-electron chi connectivity index (χ0n) is 14.8. The third-order valence-electron chi connectivity index (χ3n) is 4.06. The molecule has 0 aliphatic carbocycles. The van der Waals surface area contributed by atoms with E-state index in [1.807, 2.05) is 0 Å². The monoisotopic (exact) mass is 414 g/mol. The van der Waals surface area contributed by atoms with Crippen LogP contribution in [-0.2, 0) is 33.5 Å². The van der Waals surface area contributed by atoms with E-state index in [9.17, 15) is 33.9 Å². The minimum atomic E-state index is -1.57. The molecule has 2 amide bonds. The summed E-state index contributed by atoms with van der Waals surface area (Å²) in [5, 5.41) is 19.8. The Morgan fingerprint density at radius 2 is 1.89 bits per heavy atom. The molecule has 0 saturated carbocycles. The first-order valence-corrected chi connectivity index (χ1v) is 9.27. The number of β-lactam (4-membered cyclic amide) rings is 1. The molecule has 0 spiro atoms. The van der Waals surface area contributed by atoms with Crippen molar-refractivity contribution < 1.29 is 43.7 Å². The van der Waals surface area contributed by atoms with Crippen LogP contribution in [0.15, 0.2) is 11.3 Å². The average Bonchev–Trinajstić information content (AvgIpc) is 2.62. The summed E-state index contributed by atoms with van der Waals surface area (Å²) in [5.74, 6) is -5.42. The SMILES string of the molecule is CC(=O)OCC1=C(C(=O)O)N2C(=O)[C@@H](NC(=O)CCCC(=O)C(=O)O)[C@@H]2SC1. The fraction of sp³-hybridized carbons (Fsp3) is 0.500. The molecule has 0 aromatic rings. The van der Waals surface area contributed by atoms with Gasteiger partial charge in [0.2, 0.25) is 11.7 Å². The van der Waals surface area contributed by atoms with Crippen molar-refractivity contribution in [2.45, 2.75) is 37.6 Å². The number of nitrogens with zero attached hydrogens (tertiary/aromatic N) is 1. The second-order valence-corrected chi connectivity index (χ2v) is 7.18. The van der Waals surface area contributed by atoms with E-state index in [1.165, 1.54) is 18.7 Å². The molecule has 2 aliphatic heterocycles. The number of aliphatic carboxylic acids is 2. The molecular weight excluding hydrogens is 396 g/mol. The second kappa shape index (κ2) is 8.87. The van der Waals surface area contributed by atoms with Gasteiger partial charge >= 0.3 is 17.9 Å². The Hall–Kier alpha value is -2.89. The number of nitrogens with one attached hydrogen (secondary N) is 1. The van der Waals surface area contributed by atoms with Gasteiger partial charge < -0.3 is 20.3 Å². The zero-order valence-corrected chi connectivity index (χ0v) is 15.6. The summed E-state index contributed by atoms with van der Waals surface area (Å²) >= 11 is 1.23. The van der Waals surface area contributed by atoms with Gasteiger partial charge in [-0.25, -0.2) is 9.59 Å². The lowest BCUT2D eigenvalue weighted by Crippen LogP contribution is -2.70. The Balaban J connectivity index is 1.96. The largest absolute Gasteiger partial charge is 0.477 e. The van der Waals surface area contributed by atoms with E-state index in [0.29, 0.717) is 0 Å². The molecule has 0 aromatic carbocycles. The Morgan fingerprint density at radius 1 is 1.21 bits per heavy atom. The molecule has 1 fully saturated rings. The van der Waals surface area contributed by atoms with Gasteiger partial charge in [0.05, 0.1) is 0 Å². The summed E-state index contributed by atoms with van der Waals surface area (Å²) in [5.41, 5.74) is 0.0295. The number of amides is 2. The molecule has 3 N–H and O–H groups in total. The van der Waals surface area contributed by atoms with Gasteiger partial charge in [0.15, 0.2) is 0 Å². The third-order valence-corrected chi connectivity index (χ3v) is 5.40. The number of carbonyl (C=O) groups excluding carboxylic acids is 4. The number of carboxylic acid groups (broad SMARTS) is 2. The van der Waals surface area contributed by atoms with Crippen molar-refractivity contribution in [3.63, 3.8) is 0 Å². The van der Waals surface area contributed by atoms with Crippen molar-refractivity contribution in [1.82, 2.24) is 10.2 Å². The van der Waals surface area contributed by atoms with Crippen LogP contribution in [0.4, 0.5) is 0 Å². The van der Waals surface area contributed by atoms with Crippen molar-refractivity contribution in [2.75, 3.05) is 12.4 Å². The molecule has 2 atom stereocenters. The smallest absolute Gasteiger partial charge is 0.372 e. The van der Waals surface area contributed by atoms with Crippen LogP contribution in [0.25, 0.3) is 0 Å². The summed E-state index contributed by atoms with van der Waals surface area (Å²) < 4.78 is 4.83. The van der Waals surface area contributed by atoms with E-state index in [1.54, 1.807) is 0 Å². The van der Waals surface area contributed by atoms with E-state index in [4.69, 9.17) is 9.84 Å². The summed E-state index contributed by atoms with van der Waals surface area (Å²) in [4.78, 5) is 69.3. The highest BCUT2D eigenvalue weighted by Crippen LogP contribution is 2.40. The van der Waals surface area contributed by atoms with E-state index < -0.39 is 46.9 Å². The van der Waals surface area contributed by atoms with E-state index in [2.05, 4.69) is 5.32 Å². The van der Waals surface area contributed by atoms with Crippen LogP contribution in [0, 0.1) is 0 Å². The van der Waals surface area contributed by atoms with Crippen LogP contribution in [0.1, 0.15) is 26.2 Å². The maximum Gasteiger partial charge on any atom is 0.372 e. The van der Waals surface area contributed by atoms with Crippen molar-refractivity contribution in [2.24, 2.45) is 0 Å². The number of esters is 1. The van der Waals surface area contributed by atoms with E-state index in [-0.39, 0.29) is 42.9 Å². The zero-order chi connectivity index (χ0) is 21.0. The third kappa shape index (κ3) is 4.68. The van der Waals surface area contributed by atoms with Gasteiger partial charge in [-0.15, -0.1) is 11.8 Å². The van der Waals surface area contributed by atoms with Crippen LogP contribution < -0.4 is 5.32 Å². The topological polar surface area (TPSA) is 167 Å². The number of hydrogen-bond donors (Lipinski definition) is 3. The fourth-order valence-electron chi connectivity index (χ4n) is 2.75. The predicted molar refractivity (Wildman–Crippen MR) is 92.8 cm³/mol. The van der Waals surface area contributed by atoms with Gasteiger partial charge in [-0.3, -0.25) is 24.1 Å². The lowest BCUT2D eigenvalue weighted by atomic mass is 10.0. The number of rotatable bonds is 9. The molecule has 152 valence electrons. The summed E-state index contributed by atoms with van der Waals surface area (Å²) in [6.45, 7) is 0.944. The molecule has 1 saturated heterocycles. The van der Waals surface area contributed by atoms with Crippen LogP contribution in [0.3, 0.4) is 0 Å². The molecular formula is C16H18N2O9S. The van der Waals surface area contributed by atoms with Crippen LogP contribution in [0.5, 0.6) is 0 Å². The first kappa shape index (κ1) is 21.4. The number of thioether (sulfide) groups is 1. The number of carbonyl (C=O) groups is 6. The highest BCUT2D eigenvalue weighted by molar-refractivity contribution is 8.00. The summed E-state index contributed by atoms with van der Waals surface area (Å²) in [6, 6.07) is -0.919. The van der Waals surface area contributed by atoms with Gasteiger partial charge in [0, 0.05) is 31.1 Å². The lowest BCUT2D eigenvalue weighted by molar-refractivity contribution is -0.151. The van der Waals surface area contributed by atoms with E-state index in [0.717, 1.165) is 4.90 Å². The molecule has 12 heteroatoms. The van der Waals surface area contributed by atoms with Gasteiger partial charge in [-0.1, -0.05) is 0 Å². The minimum Gasteiger partial charge on any atom is -0.477 e. The molecule has 2 aliphatic rings. The Bertz CT molecular complexity index is 776. The fourth-order valence-corrected chi connectivity index (χ4v) is 4.07. The first-order valence-electron chi connectivity index (χ1n) is 8.22. The molecule has 2 heterocycles. The number of carboxylic acids is 2. The van der Waals surface area contributed by atoms with Crippen LogP contribution >= 0.6 is 11.8 Å². The van der Waals surface area contributed by atoms with Crippen molar-refractivity contribution in [1.29, 1.82) is 0 Å². The molecule has 0 unspecified atom stereocenters. The Labute approximate surface area is 163 Å². The van der Waals surface area contributed by atoms with Crippen LogP contribution in [0.2, 0.25) is 0 Å². The maximum atomic E-state index is 12.4. The van der Waals surface area contributed by atoms with Gasteiger partial charge in [0.25, 0.3) is 5.91 Å². The van der Waals surface area contributed by atoms with Crippen LogP contribution in [-0.4, -0.2) is 74.4 Å². The standard InChI is InChI=1S/C16H18N2O9S/c1-7(19)27-5-8-6-28-14-11(13(22)18(14)12(8)16(25)26)17-10(21)4-2-3-9(20)15(23)24/h11,14H,2-6H2,1H3,(H,17,21)(H,23,24)(H,25,26)/t11-,14+/m1/s1. The summed E-state index contributed by atoms with van der Waals surface area (Å²) in [7, 11) is 0. The average molecular weight is 414 g/mol. The van der Waals surface area contributed by atoms with Gasteiger partial charge in [-0.05, 0) is 6.42 Å². The number of hydrogen-bond acceptors (Lipinski definition) is 8. The summed E-state index contributed by atoms with van der Waals surface area (Å²) in [6.07, 6.45) is -0.414. The highest BCUT2D eigenvalue weighted by Gasteiger charge is 2.54. The minimum absolute atomic E-state index is 0.0201. The van der Waals surface area contributed by atoms with Gasteiger partial charge in [-0.2, -0.15) is 0 Å². The maximum absolute atomic E-state index is 12.4. The normalized spacial score (nSPS) is 20.8. The van der Waals surface area contributed by atoms with Crippen molar-refractivity contribution >= 4 is 47.3 Å². The number of ether oxygens (including phenoxy) is 1. The van der Waals surface area contributed by atoms with Gasteiger partial charge in [0.1, 0.15) is 23.7 Å². The molecule has 11 nitrogen and oxygen atoms in total. The molecule has 0 radical (unpaired) electrons. The van der Waals surface area contributed by atoms with E-state index >= 15 is 0 Å². The molecule has 28 heavy (non-hydrogen) atoms. The quantitative estimate of drug-likeness (QED) is 0.245.